The number of hydrogen-bond donors (Lipinski definition) is 2. The van der Waals surface area contributed by atoms with Crippen LogP contribution >= 0.6 is 0 Å². The van der Waals surface area contributed by atoms with Gasteiger partial charge in [-0.1, -0.05) is 0 Å². The Morgan fingerprint density at radius 3 is 2.77 bits per heavy atom. The van der Waals surface area contributed by atoms with E-state index in [1.165, 1.54) is 12.5 Å². The van der Waals surface area contributed by atoms with Crippen LogP contribution in [0.4, 0.5) is 5.82 Å². The number of anilines is 1. The van der Waals surface area contributed by atoms with E-state index in [1.807, 2.05) is 0 Å². The van der Waals surface area contributed by atoms with Gasteiger partial charge in [0.15, 0.2) is 5.69 Å². The number of aromatic carboxylic acids is 1. The van der Waals surface area contributed by atoms with Crippen LogP contribution < -0.4 is 5.73 Å². The summed E-state index contributed by atoms with van der Waals surface area (Å²) in [5, 5.41) is 12.6. The molecule has 0 atom stereocenters. The first-order valence-electron chi connectivity index (χ1n) is 4.27. The normalized spacial score (nSPS) is 16.9. The SMILES string of the molecule is Nc1cc(C(=O)O)nn1C1CCC1. The predicted octanol–water partition coefficient (Wildman–Crippen LogP) is 0.888. The van der Waals surface area contributed by atoms with Gasteiger partial charge in [-0.05, 0) is 19.3 Å². The van der Waals surface area contributed by atoms with Crippen molar-refractivity contribution >= 4 is 11.8 Å². The summed E-state index contributed by atoms with van der Waals surface area (Å²) in [6.45, 7) is 0. The van der Waals surface area contributed by atoms with Gasteiger partial charge in [-0.25, -0.2) is 9.48 Å². The molecule has 5 heteroatoms. The fourth-order valence-corrected chi connectivity index (χ4v) is 1.44. The molecule has 1 heterocycles. The van der Waals surface area contributed by atoms with Gasteiger partial charge in [0.05, 0.1) is 6.04 Å². The highest BCUT2D eigenvalue weighted by molar-refractivity contribution is 5.86. The number of aromatic nitrogens is 2. The number of rotatable bonds is 2. The van der Waals surface area contributed by atoms with Crippen molar-refractivity contribution in [1.82, 2.24) is 9.78 Å². The first kappa shape index (κ1) is 8.10. The Balaban J connectivity index is 2.29. The lowest BCUT2D eigenvalue weighted by atomic mass is 9.93. The second-order valence-corrected chi connectivity index (χ2v) is 3.29. The summed E-state index contributed by atoms with van der Waals surface area (Å²) in [5.41, 5.74) is 5.66. The molecule has 70 valence electrons. The topological polar surface area (TPSA) is 81.1 Å². The van der Waals surface area contributed by atoms with E-state index in [9.17, 15) is 4.79 Å². The quantitative estimate of drug-likeness (QED) is 0.709. The highest BCUT2D eigenvalue weighted by atomic mass is 16.4. The fraction of sp³-hybridized carbons (Fsp3) is 0.500. The predicted molar refractivity (Wildman–Crippen MR) is 46.5 cm³/mol. The largest absolute Gasteiger partial charge is 0.476 e. The van der Waals surface area contributed by atoms with Crippen LogP contribution in [0.3, 0.4) is 0 Å². The van der Waals surface area contributed by atoms with Crippen LogP contribution in [0.1, 0.15) is 35.8 Å². The number of carboxylic acid groups (broad SMARTS) is 1. The van der Waals surface area contributed by atoms with Gasteiger partial charge in [-0.15, -0.1) is 0 Å². The second-order valence-electron chi connectivity index (χ2n) is 3.29. The molecule has 0 aromatic carbocycles. The summed E-state index contributed by atoms with van der Waals surface area (Å²) < 4.78 is 1.62. The van der Waals surface area contributed by atoms with Gasteiger partial charge in [0, 0.05) is 6.07 Å². The Hall–Kier alpha value is -1.52. The molecule has 3 N–H and O–H groups in total. The fourth-order valence-electron chi connectivity index (χ4n) is 1.44. The van der Waals surface area contributed by atoms with Crippen LogP contribution in [0.25, 0.3) is 0 Å². The highest BCUT2D eigenvalue weighted by Crippen LogP contribution is 2.32. The van der Waals surface area contributed by atoms with Crippen LogP contribution in [0.15, 0.2) is 6.07 Å². The first-order valence-corrected chi connectivity index (χ1v) is 4.27. The van der Waals surface area contributed by atoms with Crippen LogP contribution in [0, 0.1) is 0 Å². The minimum Gasteiger partial charge on any atom is -0.476 e. The Morgan fingerprint density at radius 2 is 2.38 bits per heavy atom. The third-order valence-corrected chi connectivity index (χ3v) is 2.40. The maximum absolute atomic E-state index is 10.6. The van der Waals surface area contributed by atoms with Crippen molar-refractivity contribution in [1.29, 1.82) is 0 Å². The van der Waals surface area contributed by atoms with Crippen molar-refractivity contribution in [3.63, 3.8) is 0 Å². The van der Waals surface area contributed by atoms with Gasteiger partial charge in [-0.3, -0.25) is 0 Å². The van der Waals surface area contributed by atoms with Crippen molar-refractivity contribution in [3.8, 4) is 0 Å². The molecule has 2 rings (SSSR count). The molecule has 13 heavy (non-hydrogen) atoms. The molecule has 1 aromatic heterocycles. The molecule has 0 spiro atoms. The standard InChI is InChI=1S/C8H11N3O2/c9-7-4-6(8(12)13)10-11(7)5-2-1-3-5/h4-5H,1-3,9H2,(H,12,13). The third-order valence-electron chi connectivity index (χ3n) is 2.40. The van der Waals surface area contributed by atoms with E-state index in [0.29, 0.717) is 11.9 Å². The van der Waals surface area contributed by atoms with Crippen molar-refractivity contribution in [2.45, 2.75) is 25.3 Å². The molecule has 1 fully saturated rings. The zero-order valence-corrected chi connectivity index (χ0v) is 7.10. The highest BCUT2D eigenvalue weighted by Gasteiger charge is 2.23. The Kier molecular flexibility index (Phi) is 1.72. The van der Waals surface area contributed by atoms with Crippen LogP contribution in [0.2, 0.25) is 0 Å². The maximum Gasteiger partial charge on any atom is 0.356 e. The van der Waals surface area contributed by atoms with Gasteiger partial charge >= 0.3 is 5.97 Å². The van der Waals surface area contributed by atoms with Crippen LogP contribution in [-0.4, -0.2) is 20.9 Å². The van der Waals surface area contributed by atoms with E-state index >= 15 is 0 Å². The lowest BCUT2D eigenvalue weighted by Crippen LogP contribution is -2.20. The minimum absolute atomic E-state index is 0.0319. The molecule has 0 radical (unpaired) electrons. The number of carbonyl (C=O) groups is 1. The van der Waals surface area contributed by atoms with Gasteiger partial charge in [0.25, 0.3) is 0 Å². The average molecular weight is 181 g/mol. The van der Waals surface area contributed by atoms with Gasteiger partial charge in [-0.2, -0.15) is 5.10 Å². The monoisotopic (exact) mass is 181 g/mol. The molecule has 1 saturated carbocycles. The summed E-state index contributed by atoms with van der Waals surface area (Å²) in [5.74, 6) is -0.577. The molecule has 0 unspecified atom stereocenters. The number of nitrogens with two attached hydrogens (primary N) is 1. The molecular weight excluding hydrogens is 170 g/mol. The van der Waals surface area contributed by atoms with E-state index in [-0.39, 0.29) is 5.69 Å². The van der Waals surface area contributed by atoms with Gasteiger partial charge in [0.2, 0.25) is 0 Å². The summed E-state index contributed by atoms with van der Waals surface area (Å²) in [4.78, 5) is 10.6. The molecule has 5 nitrogen and oxygen atoms in total. The molecular formula is C8H11N3O2. The Labute approximate surface area is 75.2 Å². The smallest absolute Gasteiger partial charge is 0.356 e. The summed E-state index contributed by atoms with van der Waals surface area (Å²) >= 11 is 0. The van der Waals surface area contributed by atoms with E-state index in [0.717, 1.165) is 12.8 Å². The van der Waals surface area contributed by atoms with Crippen LogP contribution in [0.5, 0.6) is 0 Å². The van der Waals surface area contributed by atoms with Crippen molar-refractivity contribution in [2.75, 3.05) is 5.73 Å². The number of nitrogens with zero attached hydrogens (tertiary/aromatic N) is 2. The first-order chi connectivity index (χ1) is 6.18. The zero-order chi connectivity index (χ0) is 9.42. The molecule has 0 saturated heterocycles. The number of hydrogen-bond acceptors (Lipinski definition) is 3. The summed E-state index contributed by atoms with van der Waals surface area (Å²) in [7, 11) is 0. The zero-order valence-electron chi connectivity index (χ0n) is 7.10. The third kappa shape index (κ3) is 1.26. The number of carboxylic acids is 1. The van der Waals surface area contributed by atoms with E-state index in [2.05, 4.69) is 5.10 Å². The molecule has 0 bridgehead atoms. The van der Waals surface area contributed by atoms with Gasteiger partial charge < -0.3 is 10.8 Å². The van der Waals surface area contributed by atoms with E-state index < -0.39 is 5.97 Å². The molecule has 0 amide bonds. The number of nitrogen functional groups attached to an aromatic ring is 1. The van der Waals surface area contributed by atoms with E-state index in [1.54, 1.807) is 4.68 Å². The Bertz CT molecular complexity index is 341. The molecule has 1 aromatic rings. The minimum atomic E-state index is -1.02. The van der Waals surface area contributed by atoms with Crippen molar-refractivity contribution in [3.05, 3.63) is 11.8 Å². The lowest BCUT2D eigenvalue weighted by molar-refractivity contribution is 0.0688. The lowest BCUT2D eigenvalue weighted by Gasteiger charge is -2.26. The average Bonchev–Trinajstić information content (AvgIpc) is 2.29. The van der Waals surface area contributed by atoms with Crippen molar-refractivity contribution < 1.29 is 9.90 Å². The summed E-state index contributed by atoms with van der Waals surface area (Å²) in [6.07, 6.45) is 3.27. The summed E-state index contributed by atoms with van der Waals surface area (Å²) in [6, 6.07) is 1.72. The van der Waals surface area contributed by atoms with Crippen molar-refractivity contribution in [2.24, 2.45) is 0 Å². The second kappa shape index (κ2) is 2.76. The maximum atomic E-state index is 10.6. The molecule has 1 aliphatic carbocycles. The van der Waals surface area contributed by atoms with E-state index in [4.69, 9.17) is 10.8 Å². The van der Waals surface area contributed by atoms with Crippen LogP contribution in [-0.2, 0) is 0 Å². The molecule has 1 aliphatic rings. The molecule has 0 aliphatic heterocycles. The Morgan fingerprint density at radius 1 is 1.69 bits per heavy atom. The van der Waals surface area contributed by atoms with Gasteiger partial charge in [0.1, 0.15) is 5.82 Å².